The summed E-state index contributed by atoms with van der Waals surface area (Å²) in [6.07, 6.45) is 4.49. The molecule has 2 aliphatic carbocycles. The zero-order valence-electron chi connectivity index (χ0n) is 33.9. The largest absolute Gasteiger partial charge is 0.456 e. The van der Waals surface area contributed by atoms with Crippen molar-refractivity contribution < 1.29 is 4.42 Å². The van der Waals surface area contributed by atoms with Gasteiger partial charge in [0.1, 0.15) is 11.2 Å². The molecular weight excluding hydrogens is 703 g/mol. The number of allylic oxidation sites excluding steroid dienone is 1. The molecule has 8 aromatic carbocycles. The Balaban J connectivity index is 1.19. The van der Waals surface area contributed by atoms with Gasteiger partial charge in [-0.15, -0.1) is 0 Å². The third kappa shape index (κ3) is 4.78. The van der Waals surface area contributed by atoms with Gasteiger partial charge in [0, 0.05) is 38.7 Å². The molecule has 1 heterocycles. The second kappa shape index (κ2) is 12.4. The highest BCUT2D eigenvalue weighted by Crippen LogP contribution is 2.56. The summed E-state index contributed by atoms with van der Waals surface area (Å²) in [6.45, 7) is 14.0. The predicted octanol–water partition coefficient (Wildman–Crippen LogP) is 15.8. The highest BCUT2D eigenvalue weighted by Gasteiger charge is 2.38. The second-order valence-corrected chi connectivity index (χ2v) is 17.3. The summed E-state index contributed by atoms with van der Waals surface area (Å²) in [5, 5.41) is 4.94. The number of aryl methyl sites for hydroxylation is 1. The molecule has 0 N–H and O–H groups in total. The van der Waals surface area contributed by atoms with E-state index in [9.17, 15) is 0 Å². The van der Waals surface area contributed by atoms with Crippen LogP contribution in [0, 0.1) is 6.92 Å². The maximum Gasteiger partial charge on any atom is 0.135 e. The van der Waals surface area contributed by atoms with E-state index in [0.717, 1.165) is 39.0 Å². The Labute approximate surface area is 340 Å². The minimum atomic E-state index is -0.266. The topological polar surface area (TPSA) is 16.4 Å². The molecule has 0 unspecified atom stereocenters. The van der Waals surface area contributed by atoms with E-state index >= 15 is 0 Å². The molecule has 58 heavy (non-hydrogen) atoms. The van der Waals surface area contributed by atoms with Crippen molar-refractivity contribution in [2.75, 3.05) is 4.90 Å². The molecule has 0 spiro atoms. The van der Waals surface area contributed by atoms with Gasteiger partial charge in [-0.2, -0.15) is 0 Å². The number of nitrogens with zero attached hydrogens (tertiary/aromatic N) is 1. The molecule has 2 aliphatic rings. The molecule has 280 valence electrons. The number of anilines is 3. The number of furan rings is 1. The van der Waals surface area contributed by atoms with Crippen molar-refractivity contribution in [3.63, 3.8) is 0 Å². The molecule has 0 fully saturated rings. The van der Waals surface area contributed by atoms with E-state index in [4.69, 9.17) is 4.42 Å². The smallest absolute Gasteiger partial charge is 0.135 e. The van der Waals surface area contributed by atoms with Crippen molar-refractivity contribution in [2.24, 2.45) is 0 Å². The molecular formula is C56H45NO. The fraction of sp³-hybridized carbons (Fsp3) is 0.143. The van der Waals surface area contributed by atoms with E-state index in [1.165, 1.54) is 77.5 Å². The Bertz CT molecular complexity index is 3190. The first-order valence-corrected chi connectivity index (χ1v) is 20.6. The Kier molecular flexibility index (Phi) is 7.41. The Morgan fingerprint density at radius 3 is 1.86 bits per heavy atom. The first kappa shape index (κ1) is 34.6. The molecule has 0 bridgehead atoms. The highest BCUT2D eigenvalue weighted by molar-refractivity contribution is 6.13. The van der Waals surface area contributed by atoms with Crippen molar-refractivity contribution >= 4 is 55.8 Å². The molecule has 0 saturated carbocycles. The van der Waals surface area contributed by atoms with Crippen LogP contribution in [0.25, 0.3) is 72.2 Å². The van der Waals surface area contributed by atoms with Crippen LogP contribution < -0.4 is 4.90 Å². The van der Waals surface area contributed by atoms with Crippen LogP contribution in [0.4, 0.5) is 17.1 Å². The normalized spacial score (nSPS) is 14.6. The third-order valence-corrected chi connectivity index (χ3v) is 13.4. The predicted molar refractivity (Wildman–Crippen MR) is 246 cm³/mol. The minimum absolute atomic E-state index is 0.130. The molecule has 0 radical (unpaired) electrons. The summed E-state index contributed by atoms with van der Waals surface area (Å²) >= 11 is 0. The van der Waals surface area contributed by atoms with Crippen LogP contribution >= 0.6 is 0 Å². The highest BCUT2D eigenvalue weighted by atomic mass is 16.3. The van der Waals surface area contributed by atoms with E-state index in [0.29, 0.717) is 0 Å². The van der Waals surface area contributed by atoms with Gasteiger partial charge in [0.15, 0.2) is 0 Å². The average Bonchev–Trinajstić information content (AvgIpc) is 3.73. The molecule has 1 aromatic heterocycles. The molecule has 0 amide bonds. The van der Waals surface area contributed by atoms with Gasteiger partial charge in [-0.3, -0.25) is 0 Å². The van der Waals surface area contributed by atoms with Crippen molar-refractivity contribution in [1.29, 1.82) is 0 Å². The van der Waals surface area contributed by atoms with Crippen molar-refractivity contribution in [3.8, 4) is 33.4 Å². The maximum atomic E-state index is 6.34. The maximum absolute atomic E-state index is 6.34. The SMILES string of the molecule is C/C=C\c1c(-c2ccccc2)c2c3c(cccc3c1C)C(C)(C)c1cc(N(c3ccc4c(c3)C(C)(C)c3ccccc3-4)c3ccc4oc5ccccc5c4c3)ccc1-2. The first-order valence-electron chi connectivity index (χ1n) is 20.6. The van der Waals surface area contributed by atoms with E-state index in [1.54, 1.807) is 0 Å². The molecule has 0 saturated heterocycles. The number of rotatable bonds is 5. The van der Waals surface area contributed by atoms with Crippen LogP contribution in [0.15, 0.2) is 162 Å². The van der Waals surface area contributed by atoms with Gasteiger partial charge in [0.25, 0.3) is 0 Å². The monoisotopic (exact) mass is 747 g/mol. The van der Waals surface area contributed by atoms with Gasteiger partial charge in [0.05, 0.1) is 0 Å². The Morgan fingerprint density at radius 1 is 0.483 bits per heavy atom. The van der Waals surface area contributed by atoms with Crippen molar-refractivity contribution in [2.45, 2.75) is 52.4 Å². The van der Waals surface area contributed by atoms with Crippen LogP contribution in [0.5, 0.6) is 0 Å². The number of para-hydroxylation sites is 1. The van der Waals surface area contributed by atoms with E-state index in [2.05, 4.69) is 204 Å². The van der Waals surface area contributed by atoms with Gasteiger partial charge in [-0.05, 0) is 140 Å². The lowest BCUT2D eigenvalue weighted by molar-refractivity contribution is 0.645. The van der Waals surface area contributed by atoms with Crippen LogP contribution in [0.2, 0.25) is 0 Å². The van der Waals surface area contributed by atoms with E-state index < -0.39 is 0 Å². The Hall–Kier alpha value is -6.64. The summed E-state index contributed by atoms with van der Waals surface area (Å²) in [5.74, 6) is 0. The second-order valence-electron chi connectivity index (χ2n) is 17.3. The number of benzene rings is 8. The summed E-state index contributed by atoms with van der Waals surface area (Å²) < 4.78 is 6.34. The summed E-state index contributed by atoms with van der Waals surface area (Å²) in [5.41, 5.74) is 20.6. The number of hydrogen-bond acceptors (Lipinski definition) is 2. The van der Waals surface area contributed by atoms with Gasteiger partial charge >= 0.3 is 0 Å². The lowest BCUT2D eigenvalue weighted by Crippen LogP contribution is -2.25. The molecule has 9 aromatic rings. The number of fused-ring (bicyclic) bond motifs is 8. The van der Waals surface area contributed by atoms with Crippen molar-refractivity contribution in [1.82, 2.24) is 0 Å². The van der Waals surface area contributed by atoms with Crippen LogP contribution in [-0.4, -0.2) is 0 Å². The van der Waals surface area contributed by atoms with Gasteiger partial charge < -0.3 is 9.32 Å². The zero-order chi connectivity index (χ0) is 39.5. The van der Waals surface area contributed by atoms with Gasteiger partial charge in [-0.25, -0.2) is 0 Å². The molecule has 2 heteroatoms. The molecule has 2 nitrogen and oxygen atoms in total. The lowest BCUT2D eigenvalue weighted by Gasteiger charge is -2.38. The zero-order valence-corrected chi connectivity index (χ0v) is 33.9. The quantitative estimate of drug-likeness (QED) is 0.174. The van der Waals surface area contributed by atoms with Crippen molar-refractivity contribution in [3.05, 3.63) is 191 Å². The summed E-state index contributed by atoms with van der Waals surface area (Å²) in [4.78, 5) is 2.46. The lowest BCUT2D eigenvalue weighted by atomic mass is 9.66. The molecule has 0 aliphatic heterocycles. The van der Waals surface area contributed by atoms with E-state index in [1.807, 2.05) is 6.07 Å². The minimum Gasteiger partial charge on any atom is -0.456 e. The van der Waals surface area contributed by atoms with Gasteiger partial charge in [-0.1, -0.05) is 143 Å². The van der Waals surface area contributed by atoms with Gasteiger partial charge in [0.2, 0.25) is 0 Å². The van der Waals surface area contributed by atoms with Crippen LogP contribution in [0.3, 0.4) is 0 Å². The fourth-order valence-corrected chi connectivity index (χ4v) is 10.5. The average molecular weight is 748 g/mol. The number of hydrogen-bond donors (Lipinski definition) is 0. The Morgan fingerprint density at radius 2 is 1.07 bits per heavy atom. The third-order valence-electron chi connectivity index (χ3n) is 13.4. The van der Waals surface area contributed by atoms with Crippen LogP contribution in [0.1, 0.15) is 68.0 Å². The molecule has 0 atom stereocenters. The summed E-state index contributed by atoms with van der Waals surface area (Å²) in [7, 11) is 0. The standard InChI is InChI=1S/C56H45NO/c1-7-16-39-34(2)40-21-15-23-47-53(40)54(52(39)35-17-9-8-10-18-35)44-29-26-38(33-49(44)56(47,5)6)57(36-27-30-51-45(31-36)43-20-12-14-24-50(43)58-51)37-25-28-42-41-19-11-13-22-46(41)55(3,4)48(42)32-37/h7-33H,1-6H3/b16-7-. The van der Waals surface area contributed by atoms with Crippen LogP contribution in [-0.2, 0) is 10.8 Å². The molecule has 11 rings (SSSR count). The fourth-order valence-electron chi connectivity index (χ4n) is 10.5. The first-order chi connectivity index (χ1) is 28.2. The van der Waals surface area contributed by atoms with E-state index in [-0.39, 0.29) is 10.8 Å². The summed E-state index contributed by atoms with van der Waals surface area (Å²) in [6, 6.07) is 56.2.